The summed E-state index contributed by atoms with van der Waals surface area (Å²) >= 11 is 5.15. The summed E-state index contributed by atoms with van der Waals surface area (Å²) in [5.41, 5.74) is 0.952. The number of hydrogen-bond acceptors (Lipinski definition) is 3. The first-order valence-corrected chi connectivity index (χ1v) is 6.92. The Kier molecular flexibility index (Phi) is 4.04. The van der Waals surface area contributed by atoms with Gasteiger partial charge in [-0.1, -0.05) is 0 Å². The number of aromatic amines is 1. The zero-order chi connectivity index (χ0) is 14.9. The van der Waals surface area contributed by atoms with Crippen LogP contribution in [0.3, 0.4) is 0 Å². The highest BCUT2D eigenvalue weighted by Gasteiger charge is 2.10. The largest absolute Gasteiger partial charge is 0.350 e. The van der Waals surface area contributed by atoms with Crippen LogP contribution >= 0.6 is 12.2 Å². The van der Waals surface area contributed by atoms with Crippen molar-refractivity contribution in [3.63, 3.8) is 0 Å². The van der Waals surface area contributed by atoms with Crippen molar-refractivity contribution in [2.45, 2.75) is 33.4 Å². The van der Waals surface area contributed by atoms with E-state index in [1.54, 1.807) is 18.2 Å². The molecule has 1 amide bonds. The lowest BCUT2D eigenvalue weighted by Crippen LogP contribution is -2.30. The number of H-pyrrole nitrogens is 1. The van der Waals surface area contributed by atoms with Crippen molar-refractivity contribution in [3.05, 3.63) is 38.9 Å². The summed E-state index contributed by atoms with van der Waals surface area (Å²) in [7, 11) is 0. The molecule has 0 radical (unpaired) electrons. The number of rotatable bonds is 3. The Bertz CT molecular complexity index is 774. The van der Waals surface area contributed by atoms with Gasteiger partial charge in [-0.25, -0.2) is 0 Å². The molecule has 0 aliphatic heterocycles. The summed E-state index contributed by atoms with van der Waals surface area (Å²) in [6, 6.07) is 5.03. The minimum Gasteiger partial charge on any atom is -0.350 e. The lowest BCUT2D eigenvalue weighted by atomic mass is 10.1. The van der Waals surface area contributed by atoms with Crippen molar-refractivity contribution >= 4 is 29.0 Å². The van der Waals surface area contributed by atoms with Crippen LogP contribution in [0, 0.1) is 4.77 Å². The van der Waals surface area contributed by atoms with Crippen molar-refractivity contribution in [3.8, 4) is 0 Å². The Morgan fingerprint density at radius 3 is 2.75 bits per heavy atom. The molecule has 2 aromatic rings. The van der Waals surface area contributed by atoms with Gasteiger partial charge in [0.15, 0.2) is 4.77 Å². The minimum absolute atomic E-state index is 0.0600. The molecule has 0 aliphatic carbocycles. The van der Waals surface area contributed by atoms with Gasteiger partial charge in [-0.05, 0) is 51.2 Å². The maximum Gasteiger partial charge on any atom is 0.262 e. The molecule has 0 spiro atoms. The number of nitrogens with one attached hydrogen (secondary N) is 2. The molecule has 0 saturated carbocycles. The smallest absolute Gasteiger partial charge is 0.262 e. The molecule has 1 aromatic carbocycles. The summed E-state index contributed by atoms with van der Waals surface area (Å²) in [5.74, 6) is -0.166. The standard InChI is InChI=1S/C14H17N3O2S/c1-4-17-13(19)10-6-5-9(12(18)15-8(2)3)7-11(10)16-14(17)20/h5-8H,4H2,1-3H3,(H,15,18)(H,16,20). The van der Waals surface area contributed by atoms with Crippen LogP contribution in [-0.4, -0.2) is 21.5 Å². The van der Waals surface area contributed by atoms with Crippen molar-refractivity contribution in [1.29, 1.82) is 0 Å². The zero-order valence-corrected chi connectivity index (χ0v) is 12.5. The summed E-state index contributed by atoms with van der Waals surface area (Å²) in [5, 5.41) is 3.34. The van der Waals surface area contributed by atoms with Crippen LogP contribution in [0.4, 0.5) is 0 Å². The molecule has 0 saturated heterocycles. The maximum atomic E-state index is 12.2. The molecule has 20 heavy (non-hydrogen) atoms. The molecule has 1 aromatic heterocycles. The first-order valence-electron chi connectivity index (χ1n) is 6.51. The van der Waals surface area contributed by atoms with Crippen LogP contribution in [-0.2, 0) is 6.54 Å². The van der Waals surface area contributed by atoms with E-state index in [0.29, 0.717) is 27.8 Å². The average Bonchev–Trinajstić information content (AvgIpc) is 2.37. The van der Waals surface area contributed by atoms with E-state index in [9.17, 15) is 9.59 Å². The van der Waals surface area contributed by atoms with Gasteiger partial charge < -0.3 is 10.3 Å². The highest BCUT2D eigenvalue weighted by Crippen LogP contribution is 2.11. The summed E-state index contributed by atoms with van der Waals surface area (Å²) < 4.78 is 1.86. The van der Waals surface area contributed by atoms with E-state index in [2.05, 4.69) is 10.3 Å². The number of amides is 1. The number of aromatic nitrogens is 2. The molecule has 106 valence electrons. The van der Waals surface area contributed by atoms with Crippen molar-refractivity contribution in [2.24, 2.45) is 0 Å². The number of carbonyl (C=O) groups excluding carboxylic acids is 1. The number of benzene rings is 1. The average molecular weight is 291 g/mol. The first-order chi connectivity index (χ1) is 9.43. The van der Waals surface area contributed by atoms with Crippen LogP contribution < -0.4 is 10.9 Å². The van der Waals surface area contributed by atoms with Gasteiger partial charge in [0.05, 0.1) is 10.9 Å². The highest BCUT2D eigenvalue weighted by molar-refractivity contribution is 7.71. The van der Waals surface area contributed by atoms with Gasteiger partial charge in [0.2, 0.25) is 0 Å². The number of nitrogens with zero attached hydrogens (tertiary/aromatic N) is 1. The maximum absolute atomic E-state index is 12.2. The molecule has 2 rings (SSSR count). The van der Waals surface area contributed by atoms with E-state index in [0.717, 1.165) is 0 Å². The van der Waals surface area contributed by atoms with E-state index < -0.39 is 0 Å². The van der Waals surface area contributed by atoms with Gasteiger partial charge in [-0.3, -0.25) is 14.2 Å². The SMILES string of the molecule is CCn1c(=S)[nH]c2cc(C(=O)NC(C)C)ccc2c1=O. The summed E-state index contributed by atoms with van der Waals surface area (Å²) in [4.78, 5) is 27.2. The highest BCUT2D eigenvalue weighted by atomic mass is 32.1. The van der Waals surface area contributed by atoms with E-state index in [1.165, 1.54) is 4.57 Å². The fourth-order valence-corrected chi connectivity index (χ4v) is 2.35. The van der Waals surface area contributed by atoms with E-state index >= 15 is 0 Å². The summed E-state index contributed by atoms with van der Waals surface area (Å²) in [6.07, 6.45) is 0. The normalized spacial score (nSPS) is 11.0. The zero-order valence-electron chi connectivity index (χ0n) is 11.7. The van der Waals surface area contributed by atoms with E-state index in [4.69, 9.17) is 12.2 Å². The molecule has 0 atom stereocenters. The van der Waals surface area contributed by atoms with Gasteiger partial charge in [0.25, 0.3) is 11.5 Å². The van der Waals surface area contributed by atoms with Crippen LogP contribution in [0.25, 0.3) is 10.9 Å². The third kappa shape index (κ3) is 2.65. The Labute approximate surface area is 121 Å². The fraction of sp³-hybridized carbons (Fsp3) is 0.357. The second-order valence-electron chi connectivity index (χ2n) is 4.87. The molecular weight excluding hydrogens is 274 g/mol. The van der Waals surface area contributed by atoms with Crippen molar-refractivity contribution < 1.29 is 4.79 Å². The first kappa shape index (κ1) is 14.5. The van der Waals surface area contributed by atoms with Gasteiger partial charge >= 0.3 is 0 Å². The van der Waals surface area contributed by atoms with Crippen LogP contribution in [0.15, 0.2) is 23.0 Å². The minimum atomic E-state index is -0.166. The Balaban J connectivity index is 2.59. The lowest BCUT2D eigenvalue weighted by Gasteiger charge is -2.10. The second kappa shape index (κ2) is 5.58. The predicted octanol–water partition coefficient (Wildman–Crippen LogP) is 2.22. The molecule has 0 bridgehead atoms. The topological polar surface area (TPSA) is 66.9 Å². The van der Waals surface area contributed by atoms with Crippen molar-refractivity contribution in [2.75, 3.05) is 0 Å². The van der Waals surface area contributed by atoms with Gasteiger partial charge in [-0.15, -0.1) is 0 Å². The summed E-state index contributed by atoms with van der Waals surface area (Å²) in [6.45, 7) is 6.17. The van der Waals surface area contributed by atoms with Crippen LogP contribution in [0.5, 0.6) is 0 Å². The Morgan fingerprint density at radius 2 is 2.15 bits per heavy atom. The van der Waals surface area contributed by atoms with Crippen LogP contribution in [0.2, 0.25) is 0 Å². The molecule has 0 fully saturated rings. The predicted molar refractivity (Wildman–Crippen MR) is 81.7 cm³/mol. The third-order valence-electron chi connectivity index (χ3n) is 2.98. The van der Waals surface area contributed by atoms with Gasteiger partial charge in [0.1, 0.15) is 0 Å². The molecule has 6 heteroatoms. The lowest BCUT2D eigenvalue weighted by molar-refractivity contribution is 0.0943. The number of hydrogen-bond donors (Lipinski definition) is 2. The molecule has 1 heterocycles. The van der Waals surface area contributed by atoms with E-state index in [-0.39, 0.29) is 17.5 Å². The van der Waals surface area contributed by atoms with Gasteiger partial charge in [0, 0.05) is 18.2 Å². The molecule has 0 aliphatic rings. The van der Waals surface area contributed by atoms with Crippen molar-refractivity contribution in [1.82, 2.24) is 14.9 Å². The van der Waals surface area contributed by atoms with Gasteiger partial charge in [-0.2, -0.15) is 0 Å². The molecule has 0 unspecified atom stereocenters. The number of carbonyl (C=O) groups is 1. The Hall–Kier alpha value is -1.95. The molecular formula is C14H17N3O2S. The fourth-order valence-electron chi connectivity index (χ4n) is 2.03. The third-order valence-corrected chi connectivity index (χ3v) is 3.30. The quantitative estimate of drug-likeness (QED) is 0.852. The molecule has 5 nitrogen and oxygen atoms in total. The number of fused-ring (bicyclic) bond motifs is 1. The van der Waals surface area contributed by atoms with E-state index in [1.807, 2.05) is 20.8 Å². The van der Waals surface area contributed by atoms with Crippen LogP contribution in [0.1, 0.15) is 31.1 Å². The molecule has 2 N–H and O–H groups in total. The monoisotopic (exact) mass is 291 g/mol. The Morgan fingerprint density at radius 1 is 1.45 bits per heavy atom. The second-order valence-corrected chi connectivity index (χ2v) is 5.25.